The number of amides is 1. The molecule has 28 heavy (non-hydrogen) atoms. The van der Waals surface area contributed by atoms with Crippen LogP contribution in [0.5, 0.6) is 0 Å². The topological polar surface area (TPSA) is 94.1 Å². The molecule has 1 aromatic carbocycles. The van der Waals surface area contributed by atoms with Crippen molar-refractivity contribution in [1.29, 1.82) is 0 Å². The van der Waals surface area contributed by atoms with E-state index in [-0.39, 0.29) is 29.8 Å². The fourth-order valence-corrected chi connectivity index (χ4v) is 3.54. The van der Waals surface area contributed by atoms with Gasteiger partial charge in [-0.05, 0) is 43.7 Å². The molecule has 2 aromatic heterocycles. The molecule has 1 fully saturated rings. The first-order chi connectivity index (χ1) is 13.7. The third kappa shape index (κ3) is 3.50. The summed E-state index contributed by atoms with van der Waals surface area (Å²) < 4.78 is 8.65. The second-order valence-electron chi connectivity index (χ2n) is 6.86. The first kappa shape index (κ1) is 18.2. The maximum absolute atomic E-state index is 13.2. The first-order valence-electron chi connectivity index (χ1n) is 9.44. The lowest BCUT2D eigenvalue weighted by molar-refractivity contribution is 0.0933. The van der Waals surface area contributed by atoms with E-state index >= 15 is 0 Å². The molecule has 8 heteroatoms. The van der Waals surface area contributed by atoms with Crippen LogP contribution in [-0.2, 0) is 6.54 Å². The van der Waals surface area contributed by atoms with Crippen LogP contribution in [0.3, 0.4) is 0 Å². The summed E-state index contributed by atoms with van der Waals surface area (Å²) in [6.45, 7) is 1.95. The highest BCUT2D eigenvalue weighted by atomic mass is 16.4. The predicted molar refractivity (Wildman–Crippen MR) is 104 cm³/mol. The van der Waals surface area contributed by atoms with Crippen molar-refractivity contribution in [3.63, 3.8) is 0 Å². The van der Waals surface area contributed by atoms with Gasteiger partial charge in [-0.3, -0.25) is 4.79 Å². The van der Waals surface area contributed by atoms with Gasteiger partial charge >= 0.3 is 5.69 Å². The minimum absolute atomic E-state index is 0.168. The lowest BCUT2D eigenvalue weighted by atomic mass is 9.99. The minimum atomic E-state index is -0.303. The number of hydrogen-bond donors (Lipinski definition) is 2. The highest BCUT2D eigenvalue weighted by Crippen LogP contribution is 2.23. The molecule has 1 unspecified atom stereocenters. The van der Waals surface area contributed by atoms with Gasteiger partial charge in [0.1, 0.15) is 18.1 Å². The average molecular weight is 381 g/mol. The number of nitrogens with zero attached hydrogens (tertiary/aromatic N) is 3. The number of carbonyl (C=O) groups is 1. The number of rotatable bonds is 5. The zero-order valence-electron chi connectivity index (χ0n) is 15.7. The molecule has 0 radical (unpaired) electrons. The smallest absolute Gasteiger partial charge is 0.351 e. The quantitative estimate of drug-likeness (QED) is 0.699. The van der Waals surface area contributed by atoms with Crippen LogP contribution in [0.4, 0.5) is 0 Å². The van der Waals surface area contributed by atoms with Crippen molar-refractivity contribution in [3.05, 3.63) is 70.3 Å². The second-order valence-corrected chi connectivity index (χ2v) is 6.86. The number of nitrogens with one attached hydrogen (secondary N) is 2. The largest absolute Gasteiger partial charge is 0.454 e. The Kier molecular flexibility index (Phi) is 5.12. The van der Waals surface area contributed by atoms with Gasteiger partial charge in [0.05, 0.1) is 5.69 Å². The number of hydrogen-bond acceptors (Lipinski definition) is 5. The van der Waals surface area contributed by atoms with Crippen molar-refractivity contribution in [1.82, 2.24) is 25.0 Å². The van der Waals surface area contributed by atoms with E-state index in [0.717, 1.165) is 37.4 Å². The van der Waals surface area contributed by atoms with E-state index in [2.05, 4.69) is 15.7 Å². The SMILES string of the molecule is CNC(=O)c1ccc(Cn2nc(C3CCCNC3)n(-c3ccccc3)c2=O)o1. The Morgan fingerprint density at radius 2 is 2.11 bits per heavy atom. The van der Waals surface area contributed by atoms with E-state index in [9.17, 15) is 9.59 Å². The standard InChI is InChI=1S/C20H23N5O3/c1-21-19(26)17-10-9-16(28-17)13-24-20(27)25(15-7-3-2-4-8-15)18(23-24)14-6-5-11-22-12-14/h2-4,7-10,14,22H,5-6,11-13H2,1H3,(H,21,26). The minimum Gasteiger partial charge on any atom is -0.454 e. The molecule has 2 N–H and O–H groups in total. The van der Waals surface area contributed by atoms with E-state index in [1.807, 2.05) is 30.3 Å². The third-order valence-corrected chi connectivity index (χ3v) is 4.96. The molecular formula is C20H23N5O3. The van der Waals surface area contributed by atoms with E-state index in [0.29, 0.717) is 5.76 Å². The Morgan fingerprint density at radius 3 is 2.82 bits per heavy atom. The Hall–Kier alpha value is -3.13. The van der Waals surface area contributed by atoms with Crippen molar-refractivity contribution in [2.45, 2.75) is 25.3 Å². The van der Waals surface area contributed by atoms with Crippen LogP contribution in [0, 0.1) is 0 Å². The fourth-order valence-electron chi connectivity index (χ4n) is 3.54. The number of piperidine rings is 1. The second kappa shape index (κ2) is 7.85. The van der Waals surface area contributed by atoms with Crippen molar-refractivity contribution in [2.24, 2.45) is 0 Å². The van der Waals surface area contributed by atoms with Crippen LogP contribution in [0.2, 0.25) is 0 Å². The molecule has 1 atom stereocenters. The van der Waals surface area contributed by atoms with Gasteiger partial charge in [0.25, 0.3) is 5.91 Å². The van der Waals surface area contributed by atoms with Gasteiger partial charge in [-0.1, -0.05) is 18.2 Å². The van der Waals surface area contributed by atoms with Gasteiger partial charge in [-0.25, -0.2) is 14.0 Å². The molecule has 1 aliphatic rings. The van der Waals surface area contributed by atoms with Crippen molar-refractivity contribution >= 4 is 5.91 Å². The summed E-state index contributed by atoms with van der Waals surface area (Å²) in [6.07, 6.45) is 2.03. The number of furan rings is 1. The molecule has 0 bridgehead atoms. The van der Waals surface area contributed by atoms with Crippen LogP contribution >= 0.6 is 0 Å². The Morgan fingerprint density at radius 1 is 1.29 bits per heavy atom. The maximum atomic E-state index is 13.2. The molecule has 3 aromatic rings. The summed E-state index contributed by atoms with van der Waals surface area (Å²) in [4.78, 5) is 24.9. The Balaban J connectivity index is 1.72. The van der Waals surface area contributed by atoms with Crippen LogP contribution in [0.15, 0.2) is 51.7 Å². The third-order valence-electron chi connectivity index (χ3n) is 4.96. The van der Waals surface area contributed by atoms with Gasteiger partial charge < -0.3 is 15.1 Å². The van der Waals surface area contributed by atoms with Crippen molar-refractivity contribution in [2.75, 3.05) is 20.1 Å². The summed E-state index contributed by atoms with van der Waals surface area (Å²) in [5, 5.41) is 10.6. The normalized spacial score (nSPS) is 16.8. The van der Waals surface area contributed by atoms with Crippen LogP contribution in [0.1, 0.15) is 40.9 Å². The van der Waals surface area contributed by atoms with E-state index in [1.54, 1.807) is 23.7 Å². The lowest BCUT2D eigenvalue weighted by Gasteiger charge is -2.22. The Labute approximate surface area is 162 Å². The van der Waals surface area contributed by atoms with Crippen LogP contribution < -0.4 is 16.3 Å². The molecule has 146 valence electrons. The highest BCUT2D eigenvalue weighted by molar-refractivity contribution is 5.91. The highest BCUT2D eigenvalue weighted by Gasteiger charge is 2.25. The Bertz CT molecular complexity index is 1010. The summed E-state index contributed by atoms with van der Waals surface area (Å²) >= 11 is 0. The molecule has 4 rings (SSSR count). The van der Waals surface area contributed by atoms with Crippen molar-refractivity contribution < 1.29 is 9.21 Å². The molecule has 0 spiro atoms. The summed E-state index contributed by atoms with van der Waals surface area (Å²) in [6, 6.07) is 12.8. The van der Waals surface area contributed by atoms with Gasteiger partial charge in [-0.15, -0.1) is 0 Å². The number of aromatic nitrogens is 3. The summed E-state index contributed by atoms with van der Waals surface area (Å²) in [7, 11) is 1.54. The van der Waals surface area contributed by atoms with Gasteiger partial charge in [0.2, 0.25) is 0 Å². The van der Waals surface area contributed by atoms with Gasteiger partial charge in [0.15, 0.2) is 5.76 Å². The zero-order chi connectivity index (χ0) is 19.5. The maximum Gasteiger partial charge on any atom is 0.351 e. The summed E-state index contributed by atoms with van der Waals surface area (Å²) in [5.74, 6) is 1.33. The molecule has 1 aliphatic heterocycles. The first-order valence-corrected chi connectivity index (χ1v) is 9.44. The van der Waals surface area contributed by atoms with E-state index < -0.39 is 0 Å². The molecule has 0 aliphatic carbocycles. The monoisotopic (exact) mass is 381 g/mol. The zero-order valence-corrected chi connectivity index (χ0v) is 15.7. The van der Waals surface area contributed by atoms with Crippen molar-refractivity contribution in [3.8, 4) is 5.69 Å². The van der Waals surface area contributed by atoms with Gasteiger partial charge in [-0.2, -0.15) is 5.10 Å². The fraction of sp³-hybridized carbons (Fsp3) is 0.350. The number of carbonyl (C=O) groups excluding carboxylic acids is 1. The lowest BCUT2D eigenvalue weighted by Crippen LogP contribution is -2.31. The molecule has 0 saturated carbocycles. The summed E-state index contributed by atoms with van der Waals surface area (Å²) in [5.41, 5.74) is 0.578. The van der Waals surface area contributed by atoms with Crippen LogP contribution in [-0.4, -0.2) is 40.4 Å². The van der Waals surface area contributed by atoms with E-state index in [1.165, 1.54) is 4.68 Å². The number of para-hydroxylation sites is 1. The molecule has 3 heterocycles. The molecular weight excluding hydrogens is 358 g/mol. The molecule has 1 saturated heterocycles. The average Bonchev–Trinajstić information content (AvgIpc) is 3.34. The van der Waals surface area contributed by atoms with E-state index in [4.69, 9.17) is 4.42 Å². The molecule has 1 amide bonds. The van der Waals surface area contributed by atoms with Crippen LogP contribution in [0.25, 0.3) is 5.69 Å². The molecule has 8 nitrogen and oxygen atoms in total. The predicted octanol–water partition coefficient (Wildman–Crippen LogP) is 1.50. The van der Waals surface area contributed by atoms with Gasteiger partial charge in [0, 0.05) is 19.5 Å². The number of benzene rings is 1.